The molecule has 15 heteroatoms. The van der Waals surface area contributed by atoms with Crippen LogP contribution in [-0.4, -0.2) is 91.8 Å². The number of halogens is 2. The number of rotatable bonds is 7. The summed E-state index contributed by atoms with van der Waals surface area (Å²) < 4.78 is 50.2. The Morgan fingerprint density at radius 3 is 1.61 bits per heavy atom. The number of aliphatic carboxylic acids is 1. The summed E-state index contributed by atoms with van der Waals surface area (Å²) in [6, 6.07) is 26.2. The minimum Gasteiger partial charge on any atom is -0.489 e. The van der Waals surface area contributed by atoms with Crippen LogP contribution in [0.1, 0.15) is 87.2 Å². The average molecular weight is 1020 g/mol. The van der Waals surface area contributed by atoms with Crippen molar-refractivity contribution in [3.05, 3.63) is 120 Å². The monoisotopic (exact) mass is 1020 g/mol. The quantitative estimate of drug-likeness (QED) is 0.130. The number of nitrogens with zero attached hydrogens (tertiary/aromatic N) is 4. The normalized spacial score (nSPS) is 27.9. The van der Waals surface area contributed by atoms with Gasteiger partial charge in [-0.05, 0) is 183 Å². The second kappa shape index (κ2) is 21.2. The number of hydrogen-bond acceptors (Lipinski definition) is 11. The van der Waals surface area contributed by atoms with Crippen LogP contribution in [0.2, 0.25) is 0 Å². The molecule has 8 aliphatic rings. The number of anilines is 4. The van der Waals surface area contributed by atoms with Crippen LogP contribution in [0.25, 0.3) is 21.8 Å². The smallest absolute Gasteiger partial charge is 0.303 e. The van der Waals surface area contributed by atoms with Gasteiger partial charge in [0.15, 0.2) is 0 Å². The summed E-state index contributed by atoms with van der Waals surface area (Å²) in [4.78, 5) is 37.3. The summed E-state index contributed by atoms with van der Waals surface area (Å²) in [5.74, 6) is 4.89. The lowest BCUT2D eigenvalue weighted by atomic mass is 9.89. The van der Waals surface area contributed by atoms with Crippen LogP contribution in [-0.2, 0) is 19.1 Å². The number of aromatic nitrogens is 2. The number of nitrogens with one attached hydrogen (secondary N) is 1. The van der Waals surface area contributed by atoms with Crippen LogP contribution in [0.3, 0.4) is 0 Å². The number of pyridine rings is 2. The number of carboxylic acid groups (broad SMARTS) is 1. The fourth-order valence-electron chi connectivity index (χ4n) is 14.5. The molecule has 1 amide bonds. The molecule has 2 aromatic heterocycles. The maximum Gasteiger partial charge on any atom is 0.303 e. The van der Waals surface area contributed by atoms with E-state index in [4.69, 9.17) is 29.8 Å². The van der Waals surface area contributed by atoms with E-state index >= 15 is 0 Å². The summed E-state index contributed by atoms with van der Waals surface area (Å²) in [6.45, 7) is 6.08. The number of carbonyl (C=O) groups excluding carboxylic acids is 1. The van der Waals surface area contributed by atoms with E-state index in [9.17, 15) is 18.4 Å². The first-order valence-corrected chi connectivity index (χ1v) is 27.1. The Morgan fingerprint density at radius 2 is 1.09 bits per heavy atom. The number of morpholine rings is 2. The highest BCUT2D eigenvalue weighted by atomic mass is 19.1. The Bertz CT molecular complexity index is 3060. The highest BCUT2D eigenvalue weighted by Gasteiger charge is 2.44. The summed E-state index contributed by atoms with van der Waals surface area (Å²) in [5, 5.41) is 14.0. The van der Waals surface area contributed by atoms with Crippen LogP contribution in [0, 0.1) is 47.1 Å². The Labute approximate surface area is 436 Å². The second-order valence-electron chi connectivity index (χ2n) is 22.4. The van der Waals surface area contributed by atoms with E-state index in [0.29, 0.717) is 86.0 Å². The molecule has 10 atom stereocenters. The van der Waals surface area contributed by atoms with Gasteiger partial charge in [-0.25, -0.2) is 8.78 Å². The molecule has 0 radical (unpaired) electrons. The van der Waals surface area contributed by atoms with E-state index in [1.54, 1.807) is 24.3 Å². The number of fused-ring (bicyclic) bond motifs is 10. The first-order valence-electron chi connectivity index (χ1n) is 27.1. The molecule has 4 N–H and O–H groups in total. The number of carboxylic acids is 1. The van der Waals surface area contributed by atoms with Gasteiger partial charge >= 0.3 is 5.97 Å². The third-order valence-electron chi connectivity index (χ3n) is 17.7. The number of nitrogens with two attached hydrogens (primary N) is 1. The zero-order chi connectivity index (χ0) is 51.2. The second-order valence-corrected chi connectivity index (χ2v) is 22.4. The number of nitrogen functional groups attached to an aromatic ring is 1. The third kappa shape index (κ3) is 10.5. The fourth-order valence-corrected chi connectivity index (χ4v) is 14.5. The maximum atomic E-state index is 13.9. The Kier molecular flexibility index (Phi) is 13.9. The zero-order valence-corrected chi connectivity index (χ0v) is 42.3. The van der Waals surface area contributed by atoms with Gasteiger partial charge in [-0.15, -0.1) is 0 Å². The van der Waals surface area contributed by atoms with E-state index in [0.717, 1.165) is 140 Å². The van der Waals surface area contributed by atoms with Crippen molar-refractivity contribution in [3.63, 3.8) is 0 Å². The van der Waals surface area contributed by atoms with Crippen LogP contribution < -0.4 is 30.3 Å². The van der Waals surface area contributed by atoms with Gasteiger partial charge in [-0.1, -0.05) is 0 Å². The number of amides is 1. The maximum absolute atomic E-state index is 13.9. The van der Waals surface area contributed by atoms with E-state index < -0.39 is 5.97 Å². The number of hydrogen-bond donors (Lipinski definition) is 3. The zero-order valence-electron chi connectivity index (χ0n) is 42.3. The highest BCUT2D eigenvalue weighted by molar-refractivity contribution is 5.91. The Hall–Kier alpha value is -6.58. The van der Waals surface area contributed by atoms with Crippen molar-refractivity contribution in [1.29, 1.82) is 0 Å². The molecule has 4 aliphatic carbocycles. The topological polar surface area (TPSA) is 162 Å². The van der Waals surface area contributed by atoms with Crippen LogP contribution in [0.15, 0.2) is 97.3 Å². The molecule has 6 aromatic rings. The van der Waals surface area contributed by atoms with Gasteiger partial charge in [0, 0.05) is 72.6 Å². The fraction of sp³-hybridized carbons (Fsp3) is 0.467. The van der Waals surface area contributed by atoms with Crippen molar-refractivity contribution in [2.24, 2.45) is 35.5 Å². The number of carbonyl (C=O) groups is 2. The molecular weight excluding hydrogens is 955 g/mol. The Balaban J connectivity index is 0.000000127. The predicted octanol–water partition coefficient (Wildman–Crippen LogP) is 10.8. The van der Waals surface area contributed by atoms with Gasteiger partial charge in [-0.2, -0.15) is 0 Å². The summed E-state index contributed by atoms with van der Waals surface area (Å²) >= 11 is 0. The van der Waals surface area contributed by atoms with E-state index in [1.165, 1.54) is 23.3 Å². The van der Waals surface area contributed by atoms with E-state index in [1.807, 2.05) is 48.8 Å². The standard InChI is InChI=1S/C30H32FN3O3.C19H20FNO2.C11H14N2O2/c31-22-1-3-27-26(14-22)25(5-6-32-27)21-12-19-9-18(10-20(19)13-21)11-30(35)33-23-2-4-28-29(15-23)37-17-24-16-36-8-7-34(24)28;20-15-1-2-18-17(10-15)16(3-4-21-18)14-8-12-5-11(7-19(22)23)6-13(12)9-14;12-8-1-2-10-11(5-8)15-7-9-6-14-4-3-13(9)10/h1-6,14-15,18-21,24H,7-13,16-17H2,(H,33,35);1-4,10-14H,5-9H2,(H,22,23);1-2,5,9H,3-4,6-7,12H2/t18?,19-,20+,21?,24?;11?,12-,13+,14?;. The lowest BCUT2D eigenvalue weighted by molar-refractivity contribution is -0.138. The van der Waals surface area contributed by atoms with Crippen molar-refractivity contribution >= 4 is 56.4 Å². The van der Waals surface area contributed by atoms with Crippen LogP contribution in [0.5, 0.6) is 11.5 Å². The molecule has 0 bridgehead atoms. The lowest BCUT2D eigenvalue weighted by Crippen LogP contribution is -2.51. The molecule has 6 unspecified atom stereocenters. The van der Waals surface area contributed by atoms with Gasteiger partial charge < -0.3 is 44.9 Å². The van der Waals surface area contributed by atoms with Crippen LogP contribution >= 0.6 is 0 Å². The largest absolute Gasteiger partial charge is 0.489 e. The molecule has 2 saturated heterocycles. The molecule has 75 heavy (non-hydrogen) atoms. The van der Waals surface area contributed by atoms with E-state index in [2.05, 4.69) is 37.2 Å². The molecular formula is C60H66F2N6O7. The van der Waals surface area contributed by atoms with Gasteiger partial charge in [0.25, 0.3) is 0 Å². The van der Waals surface area contributed by atoms with Crippen molar-refractivity contribution in [3.8, 4) is 11.5 Å². The van der Waals surface area contributed by atoms with Crippen molar-refractivity contribution in [1.82, 2.24) is 9.97 Å². The SMILES string of the molecule is Nc1ccc2c(c1)OCC1COCCN21.O=C(CC1C[C@@H]2CC(c3ccnc4ccc(F)cc34)C[C@@H]2C1)Nc1ccc2c(c1)OCC1COCCN21.O=C(O)CC1C[C@@H]2CC(c3ccnc4ccc(F)cc34)C[C@@H]2C1. The van der Waals surface area contributed by atoms with E-state index in [-0.39, 0.29) is 23.6 Å². The van der Waals surface area contributed by atoms with Gasteiger partial charge in [-0.3, -0.25) is 19.6 Å². The molecule has 0 spiro atoms. The summed E-state index contributed by atoms with van der Waals surface area (Å²) in [5.41, 5.74) is 13.7. The molecule has 6 heterocycles. The first kappa shape index (κ1) is 49.3. The molecule has 4 aliphatic heterocycles. The highest BCUT2D eigenvalue weighted by Crippen LogP contribution is 2.55. The Morgan fingerprint density at radius 1 is 0.600 bits per heavy atom. The predicted molar refractivity (Wildman–Crippen MR) is 284 cm³/mol. The first-order chi connectivity index (χ1) is 36.5. The van der Waals surface area contributed by atoms with Gasteiger partial charge in [0.05, 0.1) is 60.9 Å². The number of ether oxygens (including phenoxy) is 4. The molecule has 14 rings (SSSR count). The molecule has 6 fully saturated rings. The lowest BCUT2D eigenvalue weighted by Gasteiger charge is -2.41. The van der Waals surface area contributed by atoms with Crippen molar-refractivity contribution in [2.45, 2.75) is 88.1 Å². The van der Waals surface area contributed by atoms with Gasteiger partial charge in [0.2, 0.25) is 5.91 Å². The van der Waals surface area contributed by atoms with Crippen molar-refractivity contribution in [2.75, 3.05) is 73.6 Å². The van der Waals surface area contributed by atoms with Crippen molar-refractivity contribution < 1.29 is 42.4 Å². The number of benzene rings is 4. The average Bonchev–Trinajstić information content (AvgIpc) is 4.20. The molecule has 13 nitrogen and oxygen atoms in total. The third-order valence-corrected chi connectivity index (χ3v) is 17.7. The van der Waals surface area contributed by atoms with Gasteiger partial charge in [0.1, 0.15) is 36.3 Å². The minimum atomic E-state index is -0.679. The summed E-state index contributed by atoms with van der Waals surface area (Å²) in [6.07, 6.45) is 13.2. The molecule has 392 valence electrons. The van der Waals surface area contributed by atoms with Crippen LogP contribution in [0.4, 0.5) is 31.5 Å². The summed E-state index contributed by atoms with van der Waals surface area (Å²) in [7, 11) is 0. The minimum absolute atomic E-state index is 0.0807. The molecule has 4 saturated carbocycles. The molecule has 4 aromatic carbocycles.